The lowest BCUT2D eigenvalue weighted by Crippen LogP contribution is -2.51. The maximum absolute atomic E-state index is 12.8. The van der Waals surface area contributed by atoms with Gasteiger partial charge in [0.15, 0.2) is 5.69 Å². The average molecular weight is 333 g/mol. The molecule has 1 N–H and O–H groups in total. The van der Waals surface area contributed by atoms with Gasteiger partial charge in [0.2, 0.25) is 0 Å². The Morgan fingerprint density at radius 2 is 2.00 bits per heavy atom. The number of hydrogen-bond acceptors (Lipinski definition) is 4. The van der Waals surface area contributed by atoms with Crippen LogP contribution >= 0.6 is 0 Å². The fraction of sp³-hybridized carbons (Fsp3) is 0.778. The van der Waals surface area contributed by atoms with E-state index in [9.17, 15) is 4.79 Å². The van der Waals surface area contributed by atoms with Crippen LogP contribution in [0.5, 0.6) is 0 Å². The number of carbonyl (C=O) groups is 1. The van der Waals surface area contributed by atoms with Gasteiger partial charge in [-0.15, -0.1) is 0 Å². The molecule has 1 aromatic heterocycles. The van der Waals surface area contributed by atoms with Gasteiger partial charge in [-0.25, -0.2) is 0 Å². The number of H-pyrrole nitrogens is 1. The van der Waals surface area contributed by atoms with Gasteiger partial charge in [0, 0.05) is 38.3 Å². The topological polar surface area (TPSA) is 67.5 Å². The van der Waals surface area contributed by atoms with E-state index in [1.165, 1.54) is 19.3 Å². The highest BCUT2D eigenvalue weighted by atomic mass is 16.5. The van der Waals surface area contributed by atoms with Gasteiger partial charge < -0.3 is 14.4 Å². The van der Waals surface area contributed by atoms with Crippen molar-refractivity contribution < 1.29 is 14.3 Å². The molecule has 0 saturated carbocycles. The van der Waals surface area contributed by atoms with Gasteiger partial charge in [0.1, 0.15) is 0 Å². The molecule has 0 spiro atoms. The summed E-state index contributed by atoms with van der Waals surface area (Å²) in [6.45, 7) is 7.61. The Labute approximate surface area is 142 Å². The Hall–Kier alpha value is -1.40. The second-order valence-corrected chi connectivity index (χ2v) is 7.63. The van der Waals surface area contributed by atoms with E-state index < -0.39 is 0 Å². The van der Waals surface area contributed by atoms with Crippen molar-refractivity contribution in [2.24, 2.45) is 11.8 Å². The van der Waals surface area contributed by atoms with Crippen LogP contribution in [0.25, 0.3) is 0 Å². The van der Waals surface area contributed by atoms with E-state index in [4.69, 9.17) is 9.47 Å². The normalized spacial score (nSPS) is 28.5. The third-order valence-corrected chi connectivity index (χ3v) is 5.69. The first-order valence-corrected chi connectivity index (χ1v) is 9.21. The molecule has 3 aliphatic heterocycles. The highest BCUT2D eigenvalue weighted by molar-refractivity contribution is 5.94. The monoisotopic (exact) mass is 333 g/mol. The van der Waals surface area contributed by atoms with Gasteiger partial charge in [0.25, 0.3) is 5.91 Å². The van der Waals surface area contributed by atoms with Crippen molar-refractivity contribution >= 4 is 5.91 Å². The van der Waals surface area contributed by atoms with E-state index in [-0.39, 0.29) is 18.1 Å². The van der Waals surface area contributed by atoms with Crippen LogP contribution in [0.4, 0.5) is 0 Å². The van der Waals surface area contributed by atoms with Crippen LogP contribution in [0.2, 0.25) is 0 Å². The number of amides is 1. The molecule has 0 aromatic carbocycles. The van der Waals surface area contributed by atoms with Crippen molar-refractivity contribution in [2.45, 2.75) is 51.7 Å². The van der Waals surface area contributed by atoms with Crippen molar-refractivity contribution in [3.8, 4) is 0 Å². The number of rotatable bonds is 3. The maximum atomic E-state index is 12.8. The molecule has 3 aliphatic rings. The molecule has 6 heteroatoms. The minimum absolute atomic E-state index is 0.0181. The summed E-state index contributed by atoms with van der Waals surface area (Å²) < 4.78 is 11.2. The molecule has 1 aromatic rings. The molecule has 6 nitrogen and oxygen atoms in total. The van der Waals surface area contributed by atoms with E-state index in [0.29, 0.717) is 11.6 Å². The summed E-state index contributed by atoms with van der Waals surface area (Å²) in [5.74, 6) is 1.50. The summed E-state index contributed by atoms with van der Waals surface area (Å²) in [6.07, 6.45) is 4.45. The van der Waals surface area contributed by atoms with Crippen LogP contribution in [0.1, 0.15) is 61.0 Å². The number of nitrogens with zero attached hydrogens (tertiary/aromatic N) is 2. The van der Waals surface area contributed by atoms with Crippen molar-refractivity contribution in [1.82, 2.24) is 15.1 Å². The minimum atomic E-state index is -0.0181. The summed E-state index contributed by atoms with van der Waals surface area (Å²) in [6, 6.07) is 0. The number of likely N-dealkylation sites (tertiary alicyclic amines) is 1. The van der Waals surface area contributed by atoms with Crippen LogP contribution in [-0.4, -0.2) is 53.4 Å². The van der Waals surface area contributed by atoms with Gasteiger partial charge in [-0.05, 0) is 44.9 Å². The number of ether oxygens (including phenoxy) is 2. The van der Waals surface area contributed by atoms with Crippen molar-refractivity contribution in [3.63, 3.8) is 0 Å². The minimum Gasteiger partial charge on any atom is -0.381 e. The van der Waals surface area contributed by atoms with E-state index >= 15 is 0 Å². The maximum Gasteiger partial charge on any atom is 0.274 e. The Morgan fingerprint density at radius 1 is 1.25 bits per heavy atom. The first kappa shape index (κ1) is 16.1. The van der Waals surface area contributed by atoms with E-state index in [1.807, 2.05) is 18.7 Å². The van der Waals surface area contributed by atoms with Gasteiger partial charge in [-0.1, -0.05) is 0 Å². The molecule has 0 bridgehead atoms. The van der Waals surface area contributed by atoms with Crippen LogP contribution in [-0.2, 0) is 15.9 Å². The molecule has 132 valence electrons. The number of hydrogen-bond donors (Lipinski definition) is 1. The molecule has 1 amide bonds. The largest absolute Gasteiger partial charge is 0.381 e. The standard InChI is InChI=1S/C18H27N3O3/c1-11-7-15-16(12(2)24-11)19-20-17(15)18(22)21-9-14(10-21)8-13-3-5-23-6-4-13/h11-14H,3-10H2,1-2H3,(H,19,20)/t11-,12+/m1/s1. The first-order valence-electron chi connectivity index (χ1n) is 9.21. The summed E-state index contributed by atoms with van der Waals surface area (Å²) in [5.41, 5.74) is 2.63. The Balaban J connectivity index is 1.36. The molecule has 4 rings (SSSR count). The lowest BCUT2D eigenvalue weighted by molar-refractivity contribution is -0.00715. The Bertz CT molecular complexity index is 603. The van der Waals surface area contributed by atoms with Crippen molar-refractivity contribution in [1.29, 1.82) is 0 Å². The van der Waals surface area contributed by atoms with Crippen LogP contribution in [0, 0.1) is 11.8 Å². The summed E-state index contributed by atoms with van der Waals surface area (Å²) >= 11 is 0. The second kappa shape index (κ2) is 6.48. The fourth-order valence-electron chi connectivity index (χ4n) is 4.34. The number of fused-ring (bicyclic) bond motifs is 1. The summed E-state index contributed by atoms with van der Waals surface area (Å²) in [4.78, 5) is 14.7. The molecule has 2 atom stereocenters. The van der Waals surface area contributed by atoms with Crippen molar-refractivity contribution in [3.05, 3.63) is 17.0 Å². The summed E-state index contributed by atoms with van der Waals surface area (Å²) in [5, 5.41) is 7.33. The van der Waals surface area contributed by atoms with Gasteiger partial charge in [-0.3, -0.25) is 9.89 Å². The van der Waals surface area contributed by atoms with Crippen LogP contribution < -0.4 is 0 Å². The first-order chi connectivity index (χ1) is 11.6. The molecule has 0 radical (unpaired) electrons. The number of aromatic amines is 1. The Morgan fingerprint density at radius 3 is 2.75 bits per heavy atom. The van der Waals surface area contributed by atoms with Crippen LogP contribution in [0.3, 0.4) is 0 Å². The molecule has 2 fully saturated rings. The van der Waals surface area contributed by atoms with E-state index in [1.54, 1.807) is 0 Å². The third-order valence-electron chi connectivity index (χ3n) is 5.69. The molecule has 24 heavy (non-hydrogen) atoms. The smallest absolute Gasteiger partial charge is 0.274 e. The van der Waals surface area contributed by atoms with E-state index in [0.717, 1.165) is 49.9 Å². The SMILES string of the molecule is C[C@@H]1Cc2c(C(=O)N3CC(CC4CCOCC4)C3)n[nH]c2[C@H](C)O1. The molecule has 2 saturated heterocycles. The summed E-state index contributed by atoms with van der Waals surface area (Å²) in [7, 11) is 0. The quantitative estimate of drug-likeness (QED) is 0.922. The zero-order chi connectivity index (χ0) is 16.7. The van der Waals surface area contributed by atoms with Gasteiger partial charge >= 0.3 is 0 Å². The zero-order valence-corrected chi connectivity index (χ0v) is 14.6. The highest BCUT2D eigenvalue weighted by Gasteiger charge is 2.37. The number of nitrogens with one attached hydrogen (secondary N) is 1. The third kappa shape index (κ3) is 2.97. The molecular formula is C18H27N3O3. The molecule has 0 aliphatic carbocycles. The number of aromatic nitrogens is 2. The predicted octanol–water partition coefficient (Wildman–Crippen LogP) is 2.32. The molecular weight excluding hydrogens is 306 g/mol. The molecule has 0 unspecified atom stereocenters. The second-order valence-electron chi connectivity index (χ2n) is 7.63. The number of carbonyl (C=O) groups excluding carboxylic acids is 1. The lowest BCUT2D eigenvalue weighted by Gasteiger charge is -2.41. The fourth-order valence-corrected chi connectivity index (χ4v) is 4.34. The Kier molecular flexibility index (Phi) is 4.35. The predicted molar refractivity (Wildman–Crippen MR) is 88.8 cm³/mol. The van der Waals surface area contributed by atoms with E-state index in [2.05, 4.69) is 10.2 Å². The van der Waals surface area contributed by atoms with Crippen molar-refractivity contribution in [2.75, 3.05) is 26.3 Å². The molecule has 4 heterocycles. The van der Waals surface area contributed by atoms with Gasteiger partial charge in [-0.2, -0.15) is 5.10 Å². The lowest BCUT2D eigenvalue weighted by atomic mass is 9.84. The van der Waals surface area contributed by atoms with Gasteiger partial charge in [0.05, 0.1) is 17.9 Å². The highest BCUT2D eigenvalue weighted by Crippen LogP contribution is 2.33. The average Bonchev–Trinajstić information content (AvgIpc) is 2.95. The van der Waals surface area contributed by atoms with Crippen LogP contribution in [0.15, 0.2) is 0 Å². The zero-order valence-electron chi connectivity index (χ0n) is 14.6.